The van der Waals surface area contributed by atoms with Crippen molar-refractivity contribution in [2.24, 2.45) is 5.10 Å². The molecule has 0 unspecified atom stereocenters. The molecule has 20 heavy (non-hydrogen) atoms. The van der Waals surface area contributed by atoms with Crippen molar-refractivity contribution in [2.75, 3.05) is 0 Å². The molecule has 0 aliphatic rings. The molecule has 0 saturated heterocycles. The zero-order valence-corrected chi connectivity index (χ0v) is 12.0. The number of H-pyrrole nitrogens is 1. The van der Waals surface area contributed by atoms with Gasteiger partial charge in [-0.05, 0) is 29.7 Å². The van der Waals surface area contributed by atoms with E-state index in [1.807, 2.05) is 26.0 Å². The number of benzene rings is 1. The lowest BCUT2D eigenvalue weighted by Crippen LogP contribution is -2.18. The quantitative estimate of drug-likeness (QED) is 0.671. The lowest BCUT2D eigenvalue weighted by atomic mass is 10.1. The second-order valence-corrected chi connectivity index (χ2v) is 5.05. The van der Waals surface area contributed by atoms with Crippen molar-refractivity contribution in [2.45, 2.75) is 19.8 Å². The molecule has 2 rings (SSSR count). The molecule has 2 aromatic rings. The standard InChI is InChI=1S/C14H15ClN4O/c1-9(2)12-7-13(18-17-12)14(20)19-16-8-10-3-5-11(15)6-4-10/h3-9H,1-2H3,(H,17,18)(H,19,20)/b16-8+. The van der Waals surface area contributed by atoms with E-state index in [4.69, 9.17) is 11.6 Å². The van der Waals surface area contributed by atoms with E-state index >= 15 is 0 Å². The number of rotatable bonds is 4. The molecule has 0 saturated carbocycles. The summed E-state index contributed by atoms with van der Waals surface area (Å²) in [6, 6.07) is 8.85. The number of nitrogens with zero attached hydrogens (tertiary/aromatic N) is 2. The summed E-state index contributed by atoms with van der Waals surface area (Å²) < 4.78 is 0. The summed E-state index contributed by atoms with van der Waals surface area (Å²) >= 11 is 5.78. The molecule has 1 aromatic carbocycles. The van der Waals surface area contributed by atoms with Crippen molar-refractivity contribution in [3.05, 3.63) is 52.3 Å². The minimum atomic E-state index is -0.349. The van der Waals surface area contributed by atoms with Gasteiger partial charge >= 0.3 is 0 Å². The number of carbonyl (C=O) groups excluding carboxylic acids is 1. The van der Waals surface area contributed by atoms with E-state index in [9.17, 15) is 4.79 Å². The van der Waals surface area contributed by atoms with Crippen LogP contribution in [0.1, 0.15) is 41.5 Å². The van der Waals surface area contributed by atoms with Gasteiger partial charge in [-0.25, -0.2) is 5.43 Å². The summed E-state index contributed by atoms with van der Waals surface area (Å²) in [6.45, 7) is 4.04. The fourth-order valence-corrected chi connectivity index (χ4v) is 1.65. The van der Waals surface area contributed by atoms with E-state index in [1.54, 1.807) is 24.4 Å². The minimum absolute atomic E-state index is 0.293. The Kier molecular flexibility index (Phi) is 4.53. The van der Waals surface area contributed by atoms with Crippen molar-refractivity contribution >= 4 is 23.7 Å². The average molecular weight is 291 g/mol. The Hall–Kier alpha value is -2.14. The first-order valence-electron chi connectivity index (χ1n) is 6.20. The summed E-state index contributed by atoms with van der Waals surface area (Å²) in [4.78, 5) is 11.8. The SMILES string of the molecule is CC(C)c1cc(C(=O)N/N=C/c2ccc(Cl)cc2)n[nH]1. The van der Waals surface area contributed by atoms with Gasteiger partial charge in [0.2, 0.25) is 0 Å². The highest BCUT2D eigenvalue weighted by Crippen LogP contribution is 2.11. The number of nitrogens with one attached hydrogen (secondary N) is 2. The van der Waals surface area contributed by atoms with Crippen LogP contribution < -0.4 is 5.43 Å². The van der Waals surface area contributed by atoms with E-state index < -0.39 is 0 Å². The van der Waals surface area contributed by atoms with Crippen LogP contribution in [0.4, 0.5) is 0 Å². The van der Waals surface area contributed by atoms with Gasteiger partial charge in [0.25, 0.3) is 5.91 Å². The molecule has 1 heterocycles. The highest BCUT2D eigenvalue weighted by Gasteiger charge is 2.10. The number of hydrazone groups is 1. The van der Waals surface area contributed by atoms with Crippen molar-refractivity contribution < 1.29 is 4.79 Å². The van der Waals surface area contributed by atoms with E-state index in [-0.39, 0.29) is 5.91 Å². The molecule has 0 atom stereocenters. The lowest BCUT2D eigenvalue weighted by Gasteiger charge is -1.97. The lowest BCUT2D eigenvalue weighted by molar-refractivity contribution is 0.0950. The van der Waals surface area contributed by atoms with Crippen molar-refractivity contribution in [3.8, 4) is 0 Å². The maximum atomic E-state index is 11.8. The van der Waals surface area contributed by atoms with Crippen LogP contribution in [-0.4, -0.2) is 22.3 Å². The Labute approximate surface area is 122 Å². The third-order valence-corrected chi connectivity index (χ3v) is 2.95. The van der Waals surface area contributed by atoms with Crippen molar-refractivity contribution in [1.82, 2.24) is 15.6 Å². The van der Waals surface area contributed by atoms with Crippen LogP contribution in [0.2, 0.25) is 5.02 Å². The van der Waals surface area contributed by atoms with E-state index in [0.717, 1.165) is 11.3 Å². The average Bonchev–Trinajstić information content (AvgIpc) is 2.91. The molecule has 0 radical (unpaired) electrons. The van der Waals surface area contributed by atoms with Crippen LogP contribution >= 0.6 is 11.6 Å². The molecule has 6 heteroatoms. The zero-order chi connectivity index (χ0) is 14.5. The Morgan fingerprint density at radius 2 is 2.10 bits per heavy atom. The third-order valence-electron chi connectivity index (χ3n) is 2.70. The number of halogens is 1. The normalized spacial score (nSPS) is 11.2. The monoisotopic (exact) mass is 290 g/mol. The van der Waals surface area contributed by atoms with Crippen LogP contribution in [0.5, 0.6) is 0 Å². The summed E-state index contributed by atoms with van der Waals surface area (Å²) in [6.07, 6.45) is 1.55. The smallest absolute Gasteiger partial charge is 0.282 e. The summed E-state index contributed by atoms with van der Waals surface area (Å²) in [7, 11) is 0. The van der Waals surface area contributed by atoms with Gasteiger partial charge in [0.05, 0.1) is 6.21 Å². The summed E-state index contributed by atoms with van der Waals surface area (Å²) in [5.74, 6) is -0.0556. The molecule has 1 amide bonds. The fourth-order valence-electron chi connectivity index (χ4n) is 1.52. The highest BCUT2D eigenvalue weighted by molar-refractivity contribution is 6.30. The molecule has 0 fully saturated rings. The molecule has 0 spiro atoms. The van der Waals surface area contributed by atoms with E-state index in [2.05, 4.69) is 20.7 Å². The number of aromatic amines is 1. The van der Waals surface area contributed by atoms with Gasteiger partial charge in [-0.15, -0.1) is 0 Å². The first-order valence-corrected chi connectivity index (χ1v) is 6.58. The molecular formula is C14H15ClN4O. The fraction of sp³-hybridized carbons (Fsp3) is 0.214. The molecule has 1 aromatic heterocycles. The number of hydrogen-bond acceptors (Lipinski definition) is 3. The van der Waals surface area contributed by atoms with Crippen LogP contribution in [0, 0.1) is 0 Å². The maximum Gasteiger partial charge on any atom is 0.291 e. The van der Waals surface area contributed by atoms with Crippen LogP contribution in [0.15, 0.2) is 35.4 Å². The van der Waals surface area contributed by atoms with Crippen molar-refractivity contribution in [1.29, 1.82) is 0 Å². The number of amides is 1. The maximum absolute atomic E-state index is 11.8. The van der Waals surface area contributed by atoms with Gasteiger partial charge in [-0.3, -0.25) is 9.89 Å². The van der Waals surface area contributed by atoms with Gasteiger partial charge in [0.1, 0.15) is 0 Å². The molecule has 5 nitrogen and oxygen atoms in total. The van der Waals surface area contributed by atoms with E-state index in [1.165, 1.54) is 0 Å². The van der Waals surface area contributed by atoms with Crippen LogP contribution in [-0.2, 0) is 0 Å². The number of aromatic nitrogens is 2. The van der Waals surface area contributed by atoms with Gasteiger partial charge < -0.3 is 0 Å². The van der Waals surface area contributed by atoms with Gasteiger partial charge in [0, 0.05) is 10.7 Å². The molecule has 2 N–H and O–H groups in total. The predicted octanol–water partition coefficient (Wildman–Crippen LogP) is 2.95. The third kappa shape index (κ3) is 3.68. The van der Waals surface area contributed by atoms with E-state index in [0.29, 0.717) is 16.6 Å². The van der Waals surface area contributed by atoms with Gasteiger partial charge in [0.15, 0.2) is 5.69 Å². The van der Waals surface area contributed by atoms with Gasteiger partial charge in [-0.1, -0.05) is 37.6 Å². The van der Waals surface area contributed by atoms with Crippen LogP contribution in [0.25, 0.3) is 0 Å². The zero-order valence-electron chi connectivity index (χ0n) is 11.2. The minimum Gasteiger partial charge on any atom is -0.282 e. The Balaban J connectivity index is 1.95. The first-order chi connectivity index (χ1) is 9.56. The summed E-state index contributed by atoms with van der Waals surface area (Å²) in [5, 5.41) is 11.3. The molecular weight excluding hydrogens is 276 g/mol. The summed E-state index contributed by atoms with van der Waals surface area (Å²) in [5.41, 5.74) is 4.51. The Bertz CT molecular complexity index is 616. The predicted molar refractivity (Wildman–Crippen MR) is 79.2 cm³/mol. The number of carbonyl (C=O) groups is 1. The molecule has 0 aliphatic heterocycles. The number of hydrogen-bond donors (Lipinski definition) is 2. The van der Waals surface area contributed by atoms with Gasteiger partial charge in [-0.2, -0.15) is 10.2 Å². The van der Waals surface area contributed by atoms with Crippen molar-refractivity contribution in [3.63, 3.8) is 0 Å². The van der Waals surface area contributed by atoms with Crippen LogP contribution in [0.3, 0.4) is 0 Å². The topological polar surface area (TPSA) is 70.1 Å². The first kappa shape index (κ1) is 14.3. The molecule has 0 bridgehead atoms. The molecule has 0 aliphatic carbocycles. The second-order valence-electron chi connectivity index (χ2n) is 4.61. The molecule has 104 valence electrons. The Morgan fingerprint density at radius 3 is 2.70 bits per heavy atom. The highest BCUT2D eigenvalue weighted by atomic mass is 35.5. The largest absolute Gasteiger partial charge is 0.291 e. The Morgan fingerprint density at radius 1 is 1.40 bits per heavy atom. The second kappa shape index (κ2) is 6.34.